The van der Waals surface area contributed by atoms with Crippen LogP contribution in [0.2, 0.25) is 0 Å². The Morgan fingerprint density at radius 2 is 1.89 bits per heavy atom. The summed E-state index contributed by atoms with van der Waals surface area (Å²) in [5.41, 5.74) is -0.0604. The summed E-state index contributed by atoms with van der Waals surface area (Å²) in [5, 5.41) is 5.93. The summed E-state index contributed by atoms with van der Waals surface area (Å²) in [6.45, 7) is 4.46. The third kappa shape index (κ3) is 2.40. The number of rotatable bonds is 5. The molecule has 1 fully saturated rings. The molecule has 1 heterocycles. The van der Waals surface area contributed by atoms with Crippen molar-refractivity contribution >= 4 is 11.6 Å². The smallest absolute Gasteiger partial charge is 0.168 e. The summed E-state index contributed by atoms with van der Waals surface area (Å²) >= 11 is 0. The van der Waals surface area contributed by atoms with E-state index in [4.69, 9.17) is 0 Å². The first-order chi connectivity index (χ1) is 8.60. The van der Waals surface area contributed by atoms with Crippen LogP contribution in [-0.4, -0.2) is 17.1 Å². The summed E-state index contributed by atoms with van der Waals surface area (Å²) in [4.78, 5) is 4.00. The maximum Gasteiger partial charge on any atom is 0.168 e. The molecule has 100 valence electrons. The lowest BCUT2D eigenvalue weighted by molar-refractivity contribution is 0.267. The van der Waals surface area contributed by atoms with Crippen LogP contribution in [0.1, 0.15) is 39.5 Å². The average Bonchev–Trinajstić information content (AvgIpc) is 2.29. The number of pyridine rings is 1. The molecule has 1 aliphatic carbocycles. The molecule has 0 saturated heterocycles. The summed E-state index contributed by atoms with van der Waals surface area (Å²) in [5.74, 6) is -1.03. The van der Waals surface area contributed by atoms with E-state index in [1.54, 1.807) is 0 Å². The quantitative estimate of drug-likeness (QED) is 0.845. The molecule has 0 bridgehead atoms. The molecule has 2 rings (SSSR count). The van der Waals surface area contributed by atoms with E-state index in [0.29, 0.717) is 6.54 Å². The number of anilines is 2. The van der Waals surface area contributed by atoms with Crippen molar-refractivity contribution in [3.63, 3.8) is 0 Å². The van der Waals surface area contributed by atoms with Crippen molar-refractivity contribution in [2.75, 3.05) is 17.2 Å². The van der Waals surface area contributed by atoms with Crippen LogP contribution < -0.4 is 10.6 Å². The molecule has 1 aromatic heterocycles. The zero-order valence-corrected chi connectivity index (χ0v) is 10.8. The van der Waals surface area contributed by atoms with Gasteiger partial charge in [0.2, 0.25) is 0 Å². The molecule has 0 spiro atoms. The van der Waals surface area contributed by atoms with Gasteiger partial charge in [0.15, 0.2) is 23.3 Å². The molecule has 5 heteroatoms. The summed E-state index contributed by atoms with van der Waals surface area (Å²) in [6, 6.07) is 0.884. The molecule has 18 heavy (non-hydrogen) atoms. The van der Waals surface area contributed by atoms with Gasteiger partial charge in [-0.15, -0.1) is 0 Å². The Labute approximate surface area is 106 Å². The number of aromatic nitrogens is 1. The third-order valence-corrected chi connectivity index (χ3v) is 3.64. The molecule has 1 saturated carbocycles. The molecule has 0 radical (unpaired) electrons. The van der Waals surface area contributed by atoms with Crippen LogP contribution in [-0.2, 0) is 0 Å². The van der Waals surface area contributed by atoms with Crippen molar-refractivity contribution < 1.29 is 8.78 Å². The molecule has 0 amide bonds. The maximum atomic E-state index is 13.7. The Morgan fingerprint density at radius 1 is 1.22 bits per heavy atom. The van der Waals surface area contributed by atoms with Gasteiger partial charge in [-0.05, 0) is 32.6 Å². The van der Waals surface area contributed by atoms with Crippen LogP contribution in [0.15, 0.2) is 6.07 Å². The van der Waals surface area contributed by atoms with Crippen LogP contribution in [0.4, 0.5) is 20.4 Å². The van der Waals surface area contributed by atoms with Crippen LogP contribution in [0.5, 0.6) is 0 Å². The second-order valence-corrected chi connectivity index (χ2v) is 4.79. The van der Waals surface area contributed by atoms with Gasteiger partial charge >= 0.3 is 0 Å². The van der Waals surface area contributed by atoms with Gasteiger partial charge in [-0.1, -0.05) is 6.92 Å². The lowest BCUT2D eigenvalue weighted by Gasteiger charge is -2.42. The summed E-state index contributed by atoms with van der Waals surface area (Å²) in [7, 11) is 0. The van der Waals surface area contributed by atoms with Crippen molar-refractivity contribution in [1.82, 2.24) is 4.98 Å². The van der Waals surface area contributed by atoms with Gasteiger partial charge in [0.1, 0.15) is 0 Å². The predicted octanol–water partition coefficient (Wildman–Crippen LogP) is 3.54. The standard InChI is InChI=1S/C13H19F2N3/c1-3-13(6-5-7-13)18-12-10(15)8-9(14)11(17-12)16-4-2/h8H,3-7H2,1-2H3,(H2,16,17,18). The van der Waals surface area contributed by atoms with Gasteiger partial charge < -0.3 is 10.6 Å². The van der Waals surface area contributed by atoms with E-state index in [0.717, 1.165) is 31.7 Å². The van der Waals surface area contributed by atoms with Crippen molar-refractivity contribution in [2.45, 2.75) is 45.1 Å². The third-order valence-electron chi connectivity index (χ3n) is 3.64. The molecule has 0 aliphatic heterocycles. The molecule has 1 aromatic rings. The largest absolute Gasteiger partial charge is 0.368 e. The molecule has 0 aromatic carbocycles. The van der Waals surface area contributed by atoms with Crippen LogP contribution in [0.25, 0.3) is 0 Å². The van der Waals surface area contributed by atoms with Crippen molar-refractivity contribution in [3.8, 4) is 0 Å². The maximum absolute atomic E-state index is 13.7. The van der Waals surface area contributed by atoms with Crippen molar-refractivity contribution in [1.29, 1.82) is 0 Å². The summed E-state index contributed by atoms with van der Waals surface area (Å²) < 4.78 is 27.1. The van der Waals surface area contributed by atoms with Gasteiger partial charge in [0, 0.05) is 18.2 Å². The molecule has 0 unspecified atom stereocenters. The number of nitrogens with zero attached hydrogens (tertiary/aromatic N) is 1. The fourth-order valence-corrected chi connectivity index (χ4v) is 2.27. The molecule has 3 nitrogen and oxygen atoms in total. The molecular weight excluding hydrogens is 236 g/mol. The topological polar surface area (TPSA) is 37.0 Å². The Morgan fingerprint density at radius 3 is 2.39 bits per heavy atom. The second-order valence-electron chi connectivity index (χ2n) is 4.79. The second kappa shape index (κ2) is 5.08. The van der Waals surface area contributed by atoms with E-state index < -0.39 is 11.6 Å². The minimum Gasteiger partial charge on any atom is -0.368 e. The first-order valence-electron chi connectivity index (χ1n) is 6.48. The van der Waals surface area contributed by atoms with E-state index >= 15 is 0 Å². The van der Waals surface area contributed by atoms with E-state index in [1.807, 2.05) is 6.92 Å². The fourth-order valence-electron chi connectivity index (χ4n) is 2.27. The highest BCUT2D eigenvalue weighted by Gasteiger charge is 2.36. The summed E-state index contributed by atoms with van der Waals surface area (Å²) in [6.07, 6.45) is 4.09. The van der Waals surface area contributed by atoms with Gasteiger partial charge in [-0.2, -0.15) is 0 Å². The van der Waals surface area contributed by atoms with Gasteiger partial charge in [0.25, 0.3) is 0 Å². The zero-order valence-electron chi connectivity index (χ0n) is 10.8. The van der Waals surface area contributed by atoms with Gasteiger partial charge in [-0.3, -0.25) is 0 Å². The molecule has 0 atom stereocenters. The molecule has 1 aliphatic rings. The van der Waals surface area contributed by atoms with Crippen molar-refractivity contribution in [3.05, 3.63) is 17.7 Å². The SMILES string of the molecule is CCNc1nc(NC2(CC)CCC2)c(F)cc1F. The molecular formula is C13H19F2N3. The number of halogens is 2. The highest BCUT2D eigenvalue weighted by atomic mass is 19.1. The average molecular weight is 255 g/mol. The predicted molar refractivity (Wildman–Crippen MR) is 68.8 cm³/mol. The number of hydrogen-bond acceptors (Lipinski definition) is 3. The Balaban J connectivity index is 2.24. The highest BCUT2D eigenvalue weighted by molar-refractivity contribution is 5.49. The normalized spacial score (nSPS) is 17.1. The Hall–Kier alpha value is -1.39. The van der Waals surface area contributed by atoms with Gasteiger partial charge in [0.05, 0.1) is 0 Å². The van der Waals surface area contributed by atoms with E-state index in [-0.39, 0.29) is 17.2 Å². The lowest BCUT2D eigenvalue weighted by Crippen LogP contribution is -2.44. The minimum atomic E-state index is -0.654. The highest BCUT2D eigenvalue weighted by Crippen LogP contribution is 2.38. The Bertz CT molecular complexity index is 425. The van der Waals surface area contributed by atoms with Crippen LogP contribution in [0.3, 0.4) is 0 Å². The zero-order chi connectivity index (χ0) is 13.2. The number of nitrogens with one attached hydrogen (secondary N) is 2. The van der Waals surface area contributed by atoms with Crippen molar-refractivity contribution in [2.24, 2.45) is 0 Å². The first kappa shape index (κ1) is 13.1. The Kier molecular flexibility index (Phi) is 3.68. The van der Waals surface area contributed by atoms with Gasteiger partial charge in [-0.25, -0.2) is 13.8 Å². The first-order valence-corrected chi connectivity index (χ1v) is 6.48. The fraction of sp³-hybridized carbons (Fsp3) is 0.615. The molecule has 2 N–H and O–H groups in total. The monoisotopic (exact) mass is 255 g/mol. The lowest BCUT2D eigenvalue weighted by atomic mass is 9.75. The van der Waals surface area contributed by atoms with Crippen LogP contribution in [0, 0.1) is 11.6 Å². The van der Waals surface area contributed by atoms with E-state index in [2.05, 4.69) is 22.5 Å². The van der Waals surface area contributed by atoms with E-state index in [9.17, 15) is 8.78 Å². The van der Waals surface area contributed by atoms with Crippen LogP contribution >= 0.6 is 0 Å². The number of hydrogen-bond donors (Lipinski definition) is 2. The van der Waals surface area contributed by atoms with E-state index in [1.165, 1.54) is 0 Å². The minimum absolute atomic E-state index is 0.0604.